The average Bonchev–Trinajstić information content (AvgIpc) is 2.55. The summed E-state index contributed by atoms with van der Waals surface area (Å²) in [6.45, 7) is 3.69. The number of amides is 1. The lowest BCUT2D eigenvalue weighted by atomic mass is 9.71. The number of likely N-dealkylation sites (tertiary alicyclic amines) is 1. The fraction of sp³-hybridized carbons (Fsp3) is 0.526. The van der Waals surface area contributed by atoms with Crippen LogP contribution in [0.4, 0.5) is 0 Å². The molecule has 1 heterocycles. The number of allylic oxidation sites excluding steroid dienone is 2. The predicted molar refractivity (Wildman–Crippen MR) is 88.0 cm³/mol. The molecular formula is C19H25NO2. The van der Waals surface area contributed by atoms with Crippen LogP contribution in [0.25, 0.3) is 0 Å². The number of phenols is 1. The first-order valence-electron chi connectivity index (χ1n) is 8.40. The van der Waals surface area contributed by atoms with Crippen LogP contribution in [0.3, 0.4) is 0 Å². The molecule has 1 aromatic rings. The van der Waals surface area contributed by atoms with Gasteiger partial charge in [0.1, 0.15) is 5.75 Å². The molecule has 0 aromatic heterocycles. The Morgan fingerprint density at radius 2 is 2.18 bits per heavy atom. The number of benzene rings is 1. The van der Waals surface area contributed by atoms with E-state index >= 15 is 0 Å². The van der Waals surface area contributed by atoms with Gasteiger partial charge in [-0.25, -0.2) is 0 Å². The Balaban J connectivity index is 1.81. The van der Waals surface area contributed by atoms with Crippen LogP contribution in [0.1, 0.15) is 54.9 Å². The molecule has 1 spiro atoms. The molecule has 22 heavy (non-hydrogen) atoms. The fourth-order valence-electron chi connectivity index (χ4n) is 3.84. The minimum atomic E-state index is -0.0126. The van der Waals surface area contributed by atoms with Crippen molar-refractivity contribution in [1.29, 1.82) is 0 Å². The van der Waals surface area contributed by atoms with Crippen molar-refractivity contribution in [1.82, 2.24) is 4.90 Å². The first-order valence-corrected chi connectivity index (χ1v) is 8.40. The van der Waals surface area contributed by atoms with Crippen LogP contribution in [0.15, 0.2) is 30.4 Å². The number of carbonyl (C=O) groups excluding carboxylic acids is 1. The summed E-state index contributed by atoms with van der Waals surface area (Å²) in [5.74, 6) is 0.0896. The summed E-state index contributed by atoms with van der Waals surface area (Å²) in [4.78, 5) is 14.8. The van der Waals surface area contributed by atoms with E-state index in [9.17, 15) is 9.90 Å². The van der Waals surface area contributed by atoms with E-state index in [1.54, 1.807) is 6.07 Å². The molecule has 1 saturated heterocycles. The highest BCUT2D eigenvalue weighted by Gasteiger charge is 2.37. The van der Waals surface area contributed by atoms with Crippen LogP contribution in [0.2, 0.25) is 0 Å². The SMILES string of the molecule is CCc1ccc(O)c(C(=O)N2CCC[C@@]3(CC=CCC3)C2)c1. The quantitative estimate of drug-likeness (QED) is 0.841. The number of rotatable bonds is 2. The number of phenolic OH excluding ortho intramolecular Hbond substituents is 1. The van der Waals surface area contributed by atoms with Gasteiger partial charge >= 0.3 is 0 Å². The molecule has 0 bridgehead atoms. The summed E-state index contributed by atoms with van der Waals surface area (Å²) in [6, 6.07) is 5.38. The maximum absolute atomic E-state index is 12.9. The van der Waals surface area contributed by atoms with Crippen LogP contribution >= 0.6 is 0 Å². The van der Waals surface area contributed by atoms with Crippen LogP contribution in [-0.4, -0.2) is 29.0 Å². The molecule has 1 aliphatic carbocycles. The molecule has 0 saturated carbocycles. The van der Waals surface area contributed by atoms with E-state index in [1.165, 1.54) is 12.8 Å². The molecule has 1 aliphatic heterocycles. The Bertz CT molecular complexity index is 593. The highest BCUT2D eigenvalue weighted by molar-refractivity contribution is 5.97. The lowest BCUT2D eigenvalue weighted by molar-refractivity contribution is 0.0481. The van der Waals surface area contributed by atoms with Gasteiger partial charge in [0.2, 0.25) is 0 Å². The summed E-state index contributed by atoms with van der Waals surface area (Å²) >= 11 is 0. The Morgan fingerprint density at radius 3 is 2.91 bits per heavy atom. The highest BCUT2D eigenvalue weighted by Crippen LogP contribution is 2.41. The number of carbonyl (C=O) groups is 1. The topological polar surface area (TPSA) is 40.5 Å². The fourth-order valence-corrected chi connectivity index (χ4v) is 3.84. The van der Waals surface area contributed by atoms with E-state index in [0.29, 0.717) is 5.56 Å². The first-order chi connectivity index (χ1) is 10.6. The van der Waals surface area contributed by atoms with Gasteiger partial charge in [-0.1, -0.05) is 25.1 Å². The van der Waals surface area contributed by atoms with Crippen molar-refractivity contribution >= 4 is 5.91 Å². The predicted octanol–water partition coefficient (Wildman–Crippen LogP) is 3.92. The van der Waals surface area contributed by atoms with Gasteiger partial charge in [0.05, 0.1) is 5.56 Å². The summed E-state index contributed by atoms with van der Waals surface area (Å²) in [7, 11) is 0. The zero-order valence-electron chi connectivity index (χ0n) is 13.3. The first kappa shape index (κ1) is 15.1. The number of hydrogen-bond acceptors (Lipinski definition) is 2. The maximum Gasteiger partial charge on any atom is 0.257 e. The zero-order chi connectivity index (χ0) is 15.6. The molecule has 0 radical (unpaired) electrons. The normalized spacial score (nSPS) is 24.7. The molecule has 1 aromatic carbocycles. The van der Waals surface area contributed by atoms with Crippen molar-refractivity contribution in [3.63, 3.8) is 0 Å². The monoisotopic (exact) mass is 299 g/mol. The van der Waals surface area contributed by atoms with Gasteiger partial charge in [0.15, 0.2) is 0 Å². The molecule has 3 nitrogen and oxygen atoms in total. The molecule has 118 valence electrons. The molecule has 1 N–H and O–H groups in total. The summed E-state index contributed by atoms with van der Waals surface area (Å²) in [5.41, 5.74) is 1.82. The van der Waals surface area contributed by atoms with Gasteiger partial charge in [-0.2, -0.15) is 0 Å². The van der Waals surface area contributed by atoms with Crippen molar-refractivity contribution in [3.05, 3.63) is 41.5 Å². The number of nitrogens with zero attached hydrogens (tertiary/aromatic N) is 1. The Hall–Kier alpha value is -1.77. The number of aromatic hydroxyl groups is 1. The van der Waals surface area contributed by atoms with Crippen molar-refractivity contribution in [2.75, 3.05) is 13.1 Å². The maximum atomic E-state index is 12.9. The van der Waals surface area contributed by atoms with Crippen molar-refractivity contribution in [2.45, 2.75) is 45.4 Å². The molecule has 0 unspecified atom stereocenters. The lowest BCUT2D eigenvalue weighted by Gasteiger charge is -2.44. The molecule has 3 heteroatoms. The molecule has 3 rings (SSSR count). The lowest BCUT2D eigenvalue weighted by Crippen LogP contribution is -2.46. The third kappa shape index (κ3) is 2.90. The molecular weight excluding hydrogens is 274 g/mol. The van der Waals surface area contributed by atoms with Crippen LogP contribution in [0, 0.1) is 5.41 Å². The Morgan fingerprint density at radius 1 is 1.32 bits per heavy atom. The number of aryl methyl sites for hydroxylation is 1. The number of piperidine rings is 1. The van der Waals surface area contributed by atoms with Crippen molar-refractivity contribution in [2.24, 2.45) is 5.41 Å². The largest absolute Gasteiger partial charge is 0.507 e. The van der Waals surface area contributed by atoms with Crippen molar-refractivity contribution in [3.8, 4) is 5.75 Å². The third-order valence-corrected chi connectivity index (χ3v) is 5.21. The second-order valence-electron chi connectivity index (χ2n) is 6.75. The molecule has 1 amide bonds. The summed E-state index contributed by atoms with van der Waals surface area (Å²) in [5, 5.41) is 10.1. The zero-order valence-corrected chi connectivity index (χ0v) is 13.3. The minimum absolute atomic E-state index is 0.0126. The van der Waals surface area contributed by atoms with Crippen LogP contribution < -0.4 is 0 Å². The Labute approximate surface area is 132 Å². The van der Waals surface area contributed by atoms with E-state index < -0.39 is 0 Å². The van der Waals surface area contributed by atoms with Crippen LogP contribution in [0.5, 0.6) is 5.75 Å². The van der Waals surface area contributed by atoms with Gasteiger partial charge in [0, 0.05) is 13.1 Å². The van der Waals surface area contributed by atoms with Gasteiger partial charge in [-0.15, -0.1) is 0 Å². The standard InChI is InChI=1S/C19H25NO2/c1-2-15-7-8-17(21)16(13-15)18(22)20-12-6-11-19(14-20)9-4-3-5-10-19/h3-4,7-8,13,21H,2,5-6,9-12,14H2,1H3/t19-/m0/s1. The van der Waals surface area contributed by atoms with Crippen LogP contribution in [-0.2, 0) is 6.42 Å². The van der Waals surface area contributed by atoms with E-state index in [2.05, 4.69) is 19.1 Å². The van der Waals surface area contributed by atoms with Gasteiger partial charge in [-0.05, 0) is 61.6 Å². The van der Waals surface area contributed by atoms with E-state index in [4.69, 9.17) is 0 Å². The average molecular weight is 299 g/mol. The summed E-state index contributed by atoms with van der Waals surface area (Å²) in [6.07, 6.45) is 11.0. The molecule has 1 atom stereocenters. The van der Waals surface area contributed by atoms with E-state index in [0.717, 1.165) is 44.3 Å². The second kappa shape index (κ2) is 6.15. The van der Waals surface area contributed by atoms with Gasteiger partial charge < -0.3 is 10.0 Å². The van der Waals surface area contributed by atoms with Crippen molar-refractivity contribution < 1.29 is 9.90 Å². The Kier molecular flexibility index (Phi) is 4.23. The molecule has 2 aliphatic rings. The minimum Gasteiger partial charge on any atom is -0.507 e. The second-order valence-corrected chi connectivity index (χ2v) is 6.75. The number of hydrogen-bond donors (Lipinski definition) is 1. The highest BCUT2D eigenvalue weighted by atomic mass is 16.3. The van der Waals surface area contributed by atoms with E-state index in [-0.39, 0.29) is 17.1 Å². The third-order valence-electron chi connectivity index (χ3n) is 5.21. The van der Waals surface area contributed by atoms with E-state index in [1.807, 2.05) is 17.0 Å². The van der Waals surface area contributed by atoms with Gasteiger partial charge in [-0.3, -0.25) is 4.79 Å². The van der Waals surface area contributed by atoms with Gasteiger partial charge in [0.25, 0.3) is 5.91 Å². The molecule has 1 fully saturated rings. The summed E-state index contributed by atoms with van der Waals surface area (Å²) < 4.78 is 0. The smallest absolute Gasteiger partial charge is 0.257 e.